The maximum absolute atomic E-state index is 12.5. The number of urea groups is 1. The third-order valence-corrected chi connectivity index (χ3v) is 5.98. The van der Waals surface area contributed by atoms with Gasteiger partial charge in [0.25, 0.3) is 5.91 Å². The zero-order valence-corrected chi connectivity index (χ0v) is 15.4. The number of carbonyl (C=O) groups excluding carboxylic acids is 2. The predicted molar refractivity (Wildman–Crippen MR) is 101 cm³/mol. The van der Waals surface area contributed by atoms with Crippen LogP contribution in [0.2, 0.25) is 0 Å². The van der Waals surface area contributed by atoms with Gasteiger partial charge in [0, 0.05) is 37.7 Å². The number of amides is 3. The van der Waals surface area contributed by atoms with Gasteiger partial charge in [0.2, 0.25) is 0 Å². The molecule has 1 saturated heterocycles. The van der Waals surface area contributed by atoms with E-state index in [9.17, 15) is 9.59 Å². The summed E-state index contributed by atoms with van der Waals surface area (Å²) in [5, 5.41) is 9.86. The quantitative estimate of drug-likeness (QED) is 0.724. The van der Waals surface area contributed by atoms with Crippen LogP contribution in [0.1, 0.15) is 60.9 Å². The van der Waals surface area contributed by atoms with Crippen LogP contribution in [-0.2, 0) is 0 Å². The molecule has 1 aliphatic carbocycles. The Hall–Kier alpha value is -2.24. The highest BCUT2D eigenvalue weighted by atomic mass is 16.2. The molecule has 0 unspecified atom stereocenters. The van der Waals surface area contributed by atoms with Crippen molar-refractivity contribution in [2.24, 2.45) is 0 Å². The minimum Gasteiger partial charge on any atom is -0.362 e. The third kappa shape index (κ3) is 3.37. The molecule has 2 heterocycles. The number of benzene rings is 1. The Bertz CT molecular complexity index is 704. The average molecular weight is 356 g/mol. The monoisotopic (exact) mass is 356 g/mol. The van der Waals surface area contributed by atoms with Gasteiger partial charge in [-0.25, -0.2) is 4.79 Å². The number of rotatable bonds is 1. The Kier molecular flexibility index (Phi) is 4.51. The molecular weight excluding hydrogens is 328 g/mol. The summed E-state index contributed by atoms with van der Waals surface area (Å²) in [7, 11) is 0. The van der Waals surface area contributed by atoms with Crippen LogP contribution in [0.25, 0.3) is 0 Å². The van der Waals surface area contributed by atoms with Gasteiger partial charge < -0.3 is 20.9 Å². The number of likely N-dealkylation sites (tertiary alicyclic amines) is 1. The van der Waals surface area contributed by atoms with Crippen LogP contribution in [-0.4, -0.2) is 41.6 Å². The highest BCUT2D eigenvalue weighted by molar-refractivity contribution is 6.02. The maximum Gasteiger partial charge on any atom is 0.317 e. The van der Waals surface area contributed by atoms with Crippen molar-refractivity contribution in [3.8, 4) is 0 Å². The van der Waals surface area contributed by atoms with Crippen LogP contribution in [0.5, 0.6) is 0 Å². The van der Waals surface area contributed by atoms with Gasteiger partial charge in [-0.3, -0.25) is 4.79 Å². The summed E-state index contributed by atoms with van der Waals surface area (Å²) in [6, 6.07) is 6.29. The Morgan fingerprint density at radius 1 is 1.15 bits per heavy atom. The molecule has 26 heavy (non-hydrogen) atoms. The van der Waals surface area contributed by atoms with E-state index in [1.54, 1.807) is 0 Å². The van der Waals surface area contributed by atoms with E-state index >= 15 is 0 Å². The van der Waals surface area contributed by atoms with Crippen LogP contribution < -0.4 is 16.0 Å². The van der Waals surface area contributed by atoms with Gasteiger partial charge >= 0.3 is 6.03 Å². The van der Waals surface area contributed by atoms with Crippen molar-refractivity contribution in [2.75, 3.05) is 18.4 Å². The molecule has 2 fully saturated rings. The van der Waals surface area contributed by atoms with Gasteiger partial charge in [0.15, 0.2) is 0 Å². The largest absolute Gasteiger partial charge is 0.362 e. The summed E-state index contributed by atoms with van der Waals surface area (Å²) in [5.41, 5.74) is 2.22. The minimum atomic E-state index is -0.443. The molecule has 6 nitrogen and oxygen atoms in total. The summed E-state index contributed by atoms with van der Waals surface area (Å²) in [6.45, 7) is 3.28. The Morgan fingerprint density at radius 3 is 2.62 bits per heavy atom. The number of fused-ring (bicyclic) bond motifs is 1. The molecule has 3 aliphatic rings. The van der Waals surface area contributed by atoms with E-state index in [2.05, 4.69) is 16.0 Å². The van der Waals surface area contributed by atoms with E-state index in [1.807, 2.05) is 30.0 Å². The molecule has 0 bridgehead atoms. The smallest absolute Gasteiger partial charge is 0.317 e. The number of aryl methyl sites for hydroxylation is 1. The second-order valence-electron chi connectivity index (χ2n) is 7.98. The number of carbonyl (C=O) groups is 2. The average Bonchev–Trinajstić information content (AvgIpc) is 2.64. The molecule has 1 aromatic carbocycles. The zero-order valence-electron chi connectivity index (χ0n) is 15.4. The van der Waals surface area contributed by atoms with Gasteiger partial charge in [-0.1, -0.05) is 30.9 Å². The van der Waals surface area contributed by atoms with Crippen molar-refractivity contribution in [1.29, 1.82) is 0 Å². The van der Waals surface area contributed by atoms with Crippen molar-refractivity contribution in [2.45, 2.75) is 63.6 Å². The van der Waals surface area contributed by atoms with E-state index < -0.39 is 5.66 Å². The molecule has 0 radical (unpaired) electrons. The number of anilines is 1. The first-order chi connectivity index (χ1) is 12.5. The second-order valence-corrected chi connectivity index (χ2v) is 7.98. The molecule has 1 saturated carbocycles. The summed E-state index contributed by atoms with van der Waals surface area (Å²) >= 11 is 0. The van der Waals surface area contributed by atoms with Gasteiger partial charge in [-0.05, 0) is 31.9 Å². The lowest BCUT2D eigenvalue weighted by atomic mass is 9.92. The Labute approximate surface area is 154 Å². The first-order valence-electron chi connectivity index (χ1n) is 9.81. The summed E-state index contributed by atoms with van der Waals surface area (Å²) in [4.78, 5) is 27.0. The lowest BCUT2D eigenvalue weighted by molar-refractivity contribution is 0.0846. The van der Waals surface area contributed by atoms with Crippen LogP contribution in [0.3, 0.4) is 0 Å². The van der Waals surface area contributed by atoms with Crippen LogP contribution >= 0.6 is 0 Å². The minimum absolute atomic E-state index is 0.0254. The van der Waals surface area contributed by atoms with Crippen LogP contribution in [0.4, 0.5) is 10.5 Å². The third-order valence-electron chi connectivity index (χ3n) is 5.98. The van der Waals surface area contributed by atoms with Crippen molar-refractivity contribution >= 4 is 17.6 Å². The van der Waals surface area contributed by atoms with E-state index in [4.69, 9.17) is 0 Å². The first-order valence-corrected chi connectivity index (χ1v) is 9.81. The van der Waals surface area contributed by atoms with E-state index in [1.165, 1.54) is 19.3 Å². The summed E-state index contributed by atoms with van der Waals surface area (Å²) < 4.78 is 0. The van der Waals surface area contributed by atoms with E-state index in [0.717, 1.165) is 24.1 Å². The first kappa shape index (κ1) is 17.2. The van der Waals surface area contributed by atoms with Crippen LogP contribution in [0, 0.1) is 6.92 Å². The SMILES string of the molecule is Cc1ccc2c(c1)C(=O)NC1(CCN(C(=O)NC3CCCCC3)CC1)N2. The van der Waals surface area contributed by atoms with Gasteiger partial charge in [-0.2, -0.15) is 0 Å². The number of piperidine rings is 1. The number of nitrogens with zero attached hydrogens (tertiary/aromatic N) is 1. The molecule has 140 valence electrons. The van der Waals surface area contributed by atoms with E-state index in [0.29, 0.717) is 37.5 Å². The molecule has 1 spiro atoms. The molecule has 0 aromatic heterocycles. The van der Waals surface area contributed by atoms with Crippen molar-refractivity contribution < 1.29 is 9.59 Å². The fourth-order valence-corrected chi connectivity index (χ4v) is 4.38. The summed E-state index contributed by atoms with van der Waals surface area (Å²) in [5.74, 6) is -0.0254. The standard InChI is InChI=1S/C20H28N4O2/c1-14-7-8-17-16(13-14)18(25)23-20(22-17)9-11-24(12-10-20)19(26)21-15-5-3-2-4-6-15/h7-8,13,15,22H,2-6,9-12H2,1H3,(H,21,26)(H,23,25). The molecule has 2 aliphatic heterocycles. The molecule has 3 N–H and O–H groups in total. The lowest BCUT2D eigenvalue weighted by Gasteiger charge is -2.46. The van der Waals surface area contributed by atoms with E-state index in [-0.39, 0.29) is 11.9 Å². The fraction of sp³-hybridized carbons (Fsp3) is 0.600. The number of nitrogens with one attached hydrogen (secondary N) is 3. The van der Waals surface area contributed by atoms with Gasteiger partial charge in [-0.15, -0.1) is 0 Å². The lowest BCUT2D eigenvalue weighted by Crippen LogP contribution is -2.63. The van der Waals surface area contributed by atoms with Gasteiger partial charge in [0.05, 0.1) is 5.56 Å². The van der Waals surface area contributed by atoms with Gasteiger partial charge in [0.1, 0.15) is 5.66 Å². The zero-order chi connectivity index (χ0) is 18.1. The molecule has 1 aromatic rings. The predicted octanol–water partition coefficient (Wildman–Crippen LogP) is 2.98. The molecule has 4 rings (SSSR count). The molecule has 3 amide bonds. The highest BCUT2D eigenvalue weighted by Crippen LogP contribution is 2.32. The van der Waals surface area contributed by atoms with Crippen LogP contribution in [0.15, 0.2) is 18.2 Å². The van der Waals surface area contributed by atoms with Crippen molar-refractivity contribution in [3.63, 3.8) is 0 Å². The van der Waals surface area contributed by atoms with Crippen molar-refractivity contribution in [3.05, 3.63) is 29.3 Å². The number of hydrogen-bond donors (Lipinski definition) is 3. The fourth-order valence-electron chi connectivity index (χ4n) is 4.38. The number of hydrogen-bond acceptors (Lipinski definition) is 3. The highest BCUT2D eigenvalue weighted by Gasteiger charge is 2.41. The topological polar surface area (TPSA) is 73.5 Å². The summed E-state index contributed by atoms with van der Waals surface area (Å²) in [6.07, 6.45) is 7.32. The molecular formula is C20H28N4O2. The molecule has 0 atom stereocenters. The molecule has 6 heteroatoms. The Balaban J connectivity index is 1.38. The normalized spacial score (nSPS) is 22.3. The second kappa shape index (κ2) is 6.82. The van der Waals surface area contributed by atoms with Crippen molar-refractivity contribution in [1.82, 2.24) is 15.5 Å². The Morgan fingerprint density at radius 2 is 1.88 bits per heavy atom. The maximum atomic E-state index is 12.5.